The summed E-state index contributed by atoms with van der Waals surface area (Å²) in [7, 11) is 0. The van der Waals surface area contributed by atoms with E-state index in [4.69, 9.17) is 14.2 Å². The summed E-state index contributed by atoms with van der Waals surface area (Å²) in [6, 6.07) is 0. The van der Waals surface area contributed by atoms with Crippen molar-refractivity contribution < 1.29 is 28.6 Å². The summed E-state index contributed by atoms with van der Waals surface area (Å²) < 4.78 is 16.9. The van der Waals surface area contributed by atoms with Crippen molar-refractivity contribution >= 4 is 17.9 Å². The molecule has 1 atom stereocenters. The Labute approximate surface area is 478 Å². The Kier molecular flexibility index (Phi) is 62.7. The van der Waals surface area contributed by atoms with Crippen molar-refractivity contribution in [3.05, 3.63) is 72.9 Å². The Morgan fingerprint density at radius 2 is 0.506 bits per heavy atom. The second-order valence-corrected chi connectivity index (χ2v) is 22.4. The summed E-state index contributed by atoms with van der Waals surface area (Å²) in [4.78, 5) is 38.4. The fourth-order valence-corrected chi connectivity index (χ4v) is 9.70. The molecule has 0 saturated heterocycles. The van der Waals surface area contributed by atoms with Gasteiger partial charge in [0.25, 0.3) is 0 Å². The quantitative estimate of drug-likeness (QED) is 0.0261. The predicted octanol–water partition coefficient (Wildman–Crippen LogP) is 22.9. The Hall–Kier alpha value is -3.15. The van der Waals surface area contributed by atoms with Gasteiger partial charge >= 0.3 is 17.9 Å². The van der Waals surface area contributed by atoms with E-state index in [-0.39, 0.29) is 31.1 Å². The van der Waals surface area contributed by atoms with E-state index in [1.54, 1.807) is 0 Å². The molecular formula is C71H126O6. The van der Waals surface area contributed by atoms with Gasteiger partial charge in [-0.05, 0) is 89.9 Å². The fourth-order valence-electron chi connectivity index (χ4n) is 9.70. The van der Waals surface area contributed by atoms with Gasteiger partial charge in [-0.3, -0.25) is 14.4 Å². The van der Waals surface area contributed by atoms with Gasteiger partial charge in [0.1, 0.15) is 13.2 Å². The van der Waals surface area contributed by atoms with Gasteiger partial charge in [-0.1, -0.05) is 306 Å². The van der Waals surface area contributed by atoms with E-state index in [2.05, 4.69) is 93.7 Å². The molecule has 77 heavy (non-hydrogen) atoms. The zero-order valence-corrected chi connectivity index (χ0v) is 51.2. The van der Waals surface area contributed by atoms with Gasteiger partial charge in [0, 0.05) is 19.3 Å². The molecule has 0 aliphatic rings. The largest absolute Gasteiger partial charge is 0.462 e. The van der Waals surface area contributed by atoms with Crippen LogP contribution in [0.3, 0.4) is 0 Å². The van der Waals surface area contributed by atoms with Gasteiger partial charge in [0.05, 0.1) is 0 Å². The molecule has 0 aromatic heterocycles. The first-order valence-corrected chi connectivity index (χ1v) is 33.4. The highest BCUT2D eigenvalue weighted by atomic mass is 16.6. The SMILES string of the molecule is CC/C=C\C/C=C\C/C=C\C/C=C\C/C=C\CCCCCC(=O)OC(COC(=O)CCCCCCCCC/C=C\CCCCCCCC)COC(=O)CCCCCCCCCCCCCCCCCCCCCCCCC. The van der Waals surface area contributed by atoms with Crippen molar-refractivity contribution in [2.24, 2.45) is 0 Å². The maximum Gasteiger partial charge on any atom is 0.306 e. The van der Waals surface area contributed by atoms with Crippen LogP contribution in [0.5, 0.6) is 0 Å². The second-order valence-electron chi connectivity index (χ2n) is 22.4. The molecule has 0 aromatic carbocycles. The van der Waals surface area contributed by atoms with Crippen LogP contribution in [0.15, 0.2) is 72.9 Å². The molecule has 0 heterocycles. The third-order valence-corrected chi connectivity index (χ3v) is 14.7. The maximum absolute atomic E-state index is 12.9. The number of unbranched alkanes of at least 4 members (excludes halogenated alkanes) is 38. The summed E-state index contributed by atoms with van der Waals surface area (Å²) in [5.41, 5.74) is 0. The Bertz CT molecular complexity index is 1420. The lowest BCUT2D eigenvalue weighted by Gasteiger charge is -2.18. The summed E-state index contributed by atoms with van der Waals surface area (Å²) >= 11 is 0. The molecule has 0 aliphatic heterocycles. The van der Waals surface area contributed by atoms with Crippen LogP contribution in [0.4, 0.5) is 0 Å². The van der Waals surface area contributed by atoms with E-state index in [9.17, 15) is 14.4 Å². The van der Waals surface area contributed by atoms with Crippen molar-refractivity contribution in [2.45, 2.75) is 348 Å². The van der Waals surface area contributed by atoms with Gasteiger partial charge < -0.3 is 14.2 Å². The van der Waals surface area contributed by atoms with Gasteiger partial charge in [-0.2, -0.15) is 0 Å². The molecule has 6 heteroatoms. The smallest absolute Gasteiger partial charge is 0.306 e. The van der Waals surface area contributed by atoms with Crippen LogP contribution in [0.1, 0.15) is 342 Å². The molecule has 0 rings (SSSR count). The molecule has 0 radical (unpaired) electrons. The lowest BCUT2D eigenvalue weighted by molar-refractivity contribution is -0.167. The first kappa shape index (κ1) is 73.8. The van der Waals surface area contributed by atoms with Crippen molar-refractivity contribution in [1.29, 1.82) is 0 Å². The maximum atomic E-state index is 12.9. The molecule has 0 aliphatic carbocycles. The summed E-state index contributed by atoms with van der Waals surface area (Å²) in [5, 5.41) is 0. The Morgan fingerprint density at radius 1 is 0.273 bits per heavy atom. The highest BCUT2D eigenvalue weighted by molar-refractivity contribution is 5.71. The van der Waals surface area contributed by atoms with E-state index < -0.39 is 6.10 Å². The summed E-state index contributed by atoms with van der Waals surface area (Å²) in [6.07, 6.45) is 84.9. The number of rotatable bonds is 61. The number of esters is 3. The minimum atomic E-state index is -0.795. The van der Waals surface area contributed by atoms with Crippen LogP contribution in [0, 0.1) is 0 Å². The van der Waals surface area contributed by atoms with Crippen LogP contribution in [0.2, 0.25) is 0 Å². The number of carbonyl (C=O) groups is 3. The minimum Gasteiger partial charge on any atom is -0.462 e. The second kappa shape index (κ2) is 65.4. The molecule has 0 fully saturated rings. The van der Waals surface area contributed by atoms with E-state index in [1.165, 1.54) is 205 Å². The van der Waals surface area contributed by atoms with Crippen molar-refractivity contribution in [3.8, 4) is 0 Å². The number of ether oxygens (including phenoxy) is 3. The zero-order chi connectivity index (χ0) is 55.7. The molecule has 1 unspecified atom stereocenters. The normalized spacial score (nSPS) is 12.5. The van der Waals surface area contributed by atoms with Gasteiger partial charge in [0.2, 0.25) is 0 Å². The number of carbonyl (C=O) groups excluding carboxylic acids is 3. The first-order chi connectivity index (χ1) is 38.0. The van der Waals surface area contributed by atoms with E-state index in [1.807, 2.05) is 0 Å². The van der Waals surface area contributed by atoms with Gasteiger partial charge in [-0.25, -0.2) is 0 Å². The molecule has 446 valence electrons. The average molecular weight is 1080 g/mol. The summed E-state index contributed by atoms with van der Waals surface area (Å²) in [5.74, 6) is -0.906. The molecule has 6 nitrogen and oxygen atoms in total. The van der Waals surface area contributed by atoms with Crippen molar-refractivity contribution in [3.63, 3.8) is 0 Å². The van der Waals surface area contributed by atoms with E-state index in [0.29, 0.717) is 19.3 Å². The summed E-state index contributed by atoms with van der Waals surface area (Å²) in [6.45, 7) is 6.54. The van der Waals surface area contributed by atoms with E-state index >= 15 is 0 Å². The molecule has 0 N–H and O–H groups in total. The third kappa shape index (κ3) is 63.6. The minimum absolute atomic E-state index is 0.0871. The zero-order valence-electron chi connectivity index (χ0n) is 51.2. The molecule has 0 amide bonds. The van der Waals surface area contributed by atoms with Gasteiger partial charge in [-0.15, -0.1) is 0 Å². The number of hydrogen-bond donors (Lipinski definition) is 0. The molecule has 0 spiro atoms. The van der Waals surface area contributed by atoms with Crippen molar-refractivity contribution in [2.75, 3.05) is 13.2 Å². The van der Waals surface area contributed by atoms with Gasteiger partial charge in [0.15, 0.2) is 6.10 Å². The first-order valence-electron chi connectivity index (χ1n) is 33.4. The Balaban J connectivity index is 4.37. The standard InChI is InChI=1S/C71H126O6/c1-4-7-10-13-16-19-22-25-28-31-33-34-35-36-38-40-43-46-49-52-55-58-61-64-70(73)76-67-68(66-75-69(72)63-60-57-54-51-48-45-42-39-30-27-24-21-18-15-12-9-6-3)77-71(74)65-62-59-56-53-50-47-44-41-37-32-29-26-23-20-17-14-11-8-5-2/h8,11,17,20,26-27,29-30,37,41,47,50,68H,4-7,9-10,12-16,18-19,21-25,28,31-36,38-40,42-46,48-49,51-67H2,1-3H3/b11-8-,20-17-,29-26-,30-27-,41-37-,50-47-. The Morgan fingerprint density at radius 3 is 0.818 bits per heavy atom. The lowest BCUT2D eigenvalue weighted by atomic mass is 10.0. The highest BCUT2D eigenvalue weighted by Crippen LogP contribution is 2.17. The average Bonchev–Trinajstić information content (AvgIpc) is 3.43. The lowest BCUT2D eigenvalue weighted by Crippen LogP contribution is -2.30. The van der Waals surface area contributed by atoms with Crippen LogP contribution in [-0.4, -0.2) is 37.2 Å². The molecule has 0 bridgehead atoms. The third-order valence-electron chi connectivity index (χ3n) is 14.7. The van der Waals surface area contributed by atoms with Crippen LogP contribution >= 0.6 is 0 Å². The monoisotopic (exact) mass is 1070 g/mol. The number of allylic oxidation sites excluding steroid dienone is 12. The van der Waals surface area contributed by atoms with Crippen LogP contribution in [-0.2, 0) is 28.6 Å². The molecule has 0 aromatic rings. The van der Waals surface area contributed by atoms with Crippen LogP contribution in [0.25, 0.3) is 0 Å². The fraction of sp³-hybridized carbons (Fsp3) is 0.789. The van der Waals surface area contributed by atoms with Crippen molar-refractivity contribution in [1.82, 2.24) is 0 Å². The van der Waals surface area contributed by atoms with E-state index in [0.717, 1.165) is 96.3 Å². The van der Waals surface area contributed by atoms with Crippen LogP contribution < -0.4 is 0 Å². The number of hydrogen-bond acceptors (Lipinski definition) is 6. The predicted molar refractivity (Wildman–Crippen MR) is 335 cm³/mol. The molecular weight excluding hydrogens is 949 g/mol. The topological polar surface area (TPSA) is 78.9 Å². The highest BCUT2D eigenvalue weighted by Gasteiger charge is 2.19. The molecule has 0 saturated carbocycles.